The standard InChI is InChI=1S/C19H24N4O2/c1-13(2)15-7-3-4-8-16(15)23-18-10-17(21-12-22-18)19(24)20-11-14-6-5-9-25-14/h3-4,7-8,10,12-14H,5-6,9,11H2,1-2H3,(H,20,24)(H,21,22,23). The molecule has 2 aromatic rings. The summed E-state index contributed by atoms with van der Waals surface area (Å²) in [6.45, 7) is 5.58. The van der Waals surface area contributed by atoms with Crippen LogP contribution in [0.5, 0.6) is 0 Å². The molecule has 0 aliphatic carbocycles. The Morgan fingerprint density at radius 3 is 2.92 bits per heavy atom. The number of carbonyl (C=O) groups excluding carboxylic acids is 1. The molecule has 0 saturated carbocycles. The van der Waals surface area contributed by atoms with Gasteiger partial charge < -0.3 is 15.4 Å². The van der Waals surface area contributed by atoms with Crippen LogP contribution in [0.15, 0.2) is 36.7 Å². The van der Waals surface area contributed by atoms with Gasteiger partial charge in [-0.05, 0) is 30.4 Å². The van der Waals surface area contributed by atoms with Crippen molar-refractivity contribution < 1.29 is 9.53 Å². The number of nitrogens with one attached hydrogen (secondary N) is 2. The third kappa shape index (κ3) is 4.54. The molecule has 1 unspecified atom stereocenters. The zero-order valence-electron chi connectivity index (χ0n) is 14.7. The van der Waals surface area contributed by atoms with Crippen LogP contribution >= 0.6 is 0 Å². The molecule has 6 nitrogen and oxygen atoms in total. The molecule has 1 saturated heterocycles. The van der Waals surface area contributed by atoms with Crippen molar-refractivity contribution in [2.75, 3.05) is 18.5 Å². The summed E-state index contributed by atoms with van der Waals surface area (Å²) in [4.78, 5) is 20.6. The number of ether oxygens (including phenoxy) is 1. The van der Waals surface area contributed by atoms with Gasteiger partial charge in [-0.3, -0.25) is 4.79 Å². The Hall–Kier alpha value is -2.47. The fraction of sp³-hybridized carbons (Fsp3) is 0.421. The molecule has 0 spiro atoms. The van der Waals surface area contributed by atoms with Crippen LogP contribution in [0.2, 0.25) is 0 Å². The Morgan fingerprint density at radius 2 is 2.16 bits per heavy atom. The Morgan fingerprint density at radius 1 is 1.32 bits per heavy atom. The Labute approximate surface area is 148 Å². The highest BCUT2D eigenvalue weighted by atomic mass is 16.5. The van der Waals surface area contributed by atoms with Crippen LogP contribution in [0.3, 0.4) is 0 Å². The molecule has 6 heteroatoms. The number of benzene rings is 1. The van der Waals surface area contributed by atoms with Crippen molar-refractivity contribution in [1.82, 2.24) is 15.3 Å². The third-order valence-corrected chi connectivity index (χ3v) is 4.26. The zero-order valence-corrected chi connectivity index (χ0v) is 14.7. The first kappa shape index (κ1) is 17.4. The predicted molar refractivity (Wildman–Crippen MR) is 97.2 cm³/mol. The lowest BCUT2D eigenvalue weighted by Crippen LogP contribution is -2.32. The van der Waals surface area contributed by atoms with Crippen LogP contribution in [0.25, 0.3) is 0 Å². The van der Waals surface area contributed by atoms with Gasteiger partial charge in [0.05, 0.1) is 6.10 Å². The Balaban J connectivity index is 1.68. The summed E-state index contributed by atoms with van der Waals surface area (Å²) < 4.78 is 5.52. The van der Waals surface area contributed by atoms with Crippen molar-refractivity contribution in [3.05, 3.63) is 47.9 Å². The van der Waals surface area contributed by atoms with Crippen molar-refractivity contribution in [3.63, 3.8) is 0 Å². The summed E-state index contributed by atoms with van der Waals surface area (Å²) in [6.07, 6.45) is 3.56. The zero-order chi connectivity index (χ0) is 17.6. The van der Waals surface area contributed by atoms with Crippen LogP contribution in [-0.2, 0) is 4.74 Å². The molecule has 3 rings (SSSR count). The molecule has 2 heterocycles. The van der Waals surface area contributed by atoms with Crippen molar-refractivity contribution in [2.24, 2.45) is 0 Å². The van der Waals surface area contributed by atoms with E-state index < -0.39 is 0 Å². The minimum Gasteiger partial charge on any atom is -0.376 e. The molecular weight excluding hydrogens is 316 g/mol. The lowest BCUT2D eigenvalue weighted by Gasteiger charge is -2.14. The van der Waals surface area contributed by atoms with Gasteiger partial charge in [0.2, 0.25) is 0 Å². The van der Waals surface area contributed by atoms with E-state index in [0.29, 0.717) is 24.0 Å². The van der Waals surface area contributed by atoms with Crippen LogP contribution < -0.4 is 10.6 Å². The molecule has 1 aromatic carbocycles. The number of carbonyl (C=O) groups is 1. The molecule has 1 aliphatic rings. The first-order chi connectivity index (χ1) is 12.1. The van der Waals surface area contributed by atoms with E-state index in [1.807, 2.05) is 18.2 Å². The van der Waals surface area contributed by atoms with Crippen molar-refractivity contribution >= 4 is 17.4 Å². The molecule has 132 valence electrons. The number of rotatable bonds is 6. The van der Waals surface area contributed by atoms with E-state index in [1.165, 1.54) is 11.9 Å². The van der Waals surface area contributed by atoms with Crippen LogP contribution in [0.4, 0.5) is 11.5 Å². The van der Waals surface area contributed by atoms with Crippen LogP contribution in [0.1, 0.15) is 48.7 Å². The van der Waals surface area contributed by atoms with E-state index in [-0.39, 0.29) is 12.0 Å². The average Bonchev–Trinajstić information content (AvgIpc) is 3.14. The van der Waals surface area contributed by atoms with Gasteiger partial charge in [0.25, 0.3) is 5.91 Å². The molecule has 1 aliphatic heterocycles. The lowest BCUT2D eigenvalue weighted by atomic mass is 10.0. The molecule has 0 bridgehead atoms. The Kier molecular flexibility index (Phi) is 5.60. The molecule has 0 radical (unpaired) electrons. The molecule has 2 N–H and O–H groups in total. The average molecular weight is 340 g/mol. The van der Waals surface area contributed by atoms with Crippen molar-refractivity contribution in [2.45, 2.75) is 38.7 Å². The second kappa shape index (κ2) is 8.07. The maximum atomic E-state index is 12.3. The van der Waals surface area contributed by atoms with Gasteiger partial charge in [0.15, 0.2) is 0 Å². The minimum atomic E-state index is -0.210. The summed E-state index contributed by atoms with van der Waals surface area (Å²) in [6, 6.07) is 9.76. The number of hydrogen-bond acceptors (Lipinski definition) is 5. The van der Waals surface area contributed by atoms with Crippen LogP contribution in [0, 0.1) is 0 Å². The molecule has 25 heavy (non-hydrogen) atoms. The highest BCUT2D eigenvalue weighted by molar-refractivity contribution is 5.93. The summed E-state index contributed by atoms with van der Waals surface area (Å²) in [5.74, 6) is 0.781. The van der Waals surface area contributed by atoms with Gasteiger partial charge in [0, 0.05) is 24.9 Å². The van der Waals surface area contributed by atoms with Gasteiger partial charge in [-0.25, -0.2) is 9.97 Å². The molecular formula is C19H24N4O2. The van der Waals surface area contributed by atoms with Crippen LogP contribution in [-0.4, -0.2) is 35.1 Å². The summed E-state index contributed by atoms with van der Waals surface area (Å²) in [5.41, 5.74) is 2.53. The number of para-hydroxylation sites is 1. The second-order valence-electron chi connectivity index (χ2n) is 6.50. The normalized spacial score (nSPS) is 16.8. The number of hydrogen-bond donors (Lipinski definition) is 2. The van der Waals surface area contributed by atoms with E-state index in [0.717, 1.165) is 25.1 Å². The first-order valence-corrected chi connectivity index (χ1v) is 8.71. The second-order valence-corrected chi connectivity index (χ2v) is 6.50. The third-order valence-electron chi connectivity index (χ3n) is 4.26. The minimum absolute atomic E-state index is 0.112. The largest absolute Gasteiger partial charge is 0.376 e. The van der Waals surface area contributed by atoms with E-state index in [2.05, 4.69) is 40.5 Å². The molecule has 1 aromatic heterocycles. The monoisotopic (exact) mass is 340 g/mol. The number of amides is 1. The van der Waals surface area contributed by atoms with Gasteiger partial charge in [-0.1, -0.05) is 32.0 Å². The molecule has 1 fully saturated rings. The summed E-state index contributed by atoms with van der Waals surface area (Å²) in [5, 5.41) is 6.17. The van der Waals surface area contributed by atoms with E-state index in [4.69, 9.17) is 4.74 Å². The Bertz CT molecular complexity index is 727. The van der Waals surface area contributed by atoms with Crippen molar-refractivity contribution in [1.29, 1.82) is 0 Å². The van der Waals surface area contributed by atoms with E-state index >= 15 is 0 Å². The van der Waals surface area contributed by atoms with E-state index in [9.17, 15) is 4.79 Å². The fourth-order valence-electron chi connectivity index (χ4n) is 2.90. The predicted octanol–water partition coefficient (Wildman–Crippen LogP) is 3.25. The quantitative estimate of drug-likeness (QED) is 0.844. The topological polar surface area (TPSA) is 76.1 Å². The van der Waals surface area contributed by atoms with Gasteiger partial charge >= 0.3 is 0 Å². The number of anilines is 2. The molecule has 1 atom stereocenters. The lowest BCUT2D eigenvalue weighted by molar-refractivity contribution is 0.0853. The maximum absolute atomic E-state index is 12.3. The maximum Gasteiger partial charge on any atom is 0.270 e. The fourth-order valence-corrected chi connectivity index (χ4v) is 2.90. The summed E-state index contributed by atoms with van der Waals surface area (Å²) in [7, 11) is 0. The smallest absolute Gasteiger partial charge is 0.270 e. The highest BCUT2D eigenvalue weighted by Crippen LogP contribution is 2.26. The van der Waals surface area contributed by atoms with Crippen molar-refractivity contribution in [3.8, 4) is 0 Å². The molecule has 1 amide bonds. The highest BCUT2D eigenvalue weighted by Gasteiger charge is 2.17. The van der Waals surface area contributed by atoms with E-state index in [1.54, 1.807) is 6.07 Å². The first-order valence-electron chi connectivity index (χ1n) is 8.71. The van der Waals surface area contributed by atoms with Gasteiger partial charge in [0.1, 0.15) is 17.8 Å². The number of nitrogens with zero attached hydrogens (tertiary/aromatic N) is 2. The SMILES string of the molecule is CC(C)c1ccccc1Nc1cc(C(=O)NCC2CCCO2)ncn1. The van der Waals surface area contributed by atoms with Gasteiger partial charge in [-0.15, -0.1) is 0 Å². The summed E-state index contributed by atoms with van der Waals surface area (Å²) >= 11 is 0. The number of aromatic nitrogens is 2. The van der Waals surface area contributed by atoms with Gasteiger partial charge in [-0.2, -0.15) is 0 Å².